The highest BCUT2D eigenvalue weighted by Gasteiger charge is 2.62. The van der Waals surface area contributed by atoms with Gasteiger partial charge in [0.15, 0.2) is 0 Å². The summed E-state index contributed by atoms with van der Waals surface area (Å²) in [6.07, 6.45) is 9.66. The van der Waals surface area contributed by atoms with E-state index in [1.54, 1.807) is 0 Å². The highest BCUT2D eigenvalue weighted by molar-refractivity contribution is 5.80. The summed E-state index contributed by atoms with van der Waals surface area (Å²) in [4.78, 5) is 15.2. The lowest BCUT2D eigenvalue weighted by molar-refractivity contribution is -0.905. The molecule has 0 bridgehead atoms. The average Bonchev–Trinajstić information content (AvgIpc) is 2.96. The van der Waals surface area contributed by atoms with Gasteiger partial charge in [-0.05, 0) is 82.5 Å². The molecule has 4 rings (SSSR count). The first kappa shape index (κ1) is 22.3. The number of hydrogen-bond acceptors (Lipinski definition) is 2. The first-order valence-electron chi connectivity index (χ1n) is 12.6. The molecule has 0 unspecified atom stereocenters. The van der Waals surface area contributed by atoms with Crippen molar-refractivity contribution < 1.29 is 14.4 Å². The number of nitrogens with zero attached hydrogens (tertiary/aromatic N) is 2. The zero-order valence-electron chi connectivity index (χ0n) is 20.3. The molecule has 3 fully saturated rings. The van der Waals surface area contributed by atoms with Gasteiger partial charge in [0, 0.05) is 17.5 Å². The van der Waals surface area contributed by atoms with Gasteiger partial charge in [-0.15, -0.1) is 0 Å². The smallest absolute Gasteiger partial charge is 0.226 e. The van der Waals surface area contributed by atoms with E-state index in [1.165, 1.54) is 12.1 Å². The van der Waals surface area contributed by atoms with Gasteiger partial charge in [-0.2, -0.15) is 0 Å². The normalized spacial score (nSPS) is 43.7. The van der Waals surface area contributed by atoms with E-state index < -0.39 is 5.60 Å². The molecule has 1 aliphatic heterocycles. The van der Waals surface area contributed by atoms with E-state index in [4.69, 9.17) is 0 Å². The summed E-state index contributed by atoms with van der Waals surface area (Å²) < 4.78 is 1.02. The maximum atomic E-state index is 13.0. The largest absolute Gasteiger partial charge is 0.390 e. The predicted octanol–water partition coefficient (Wildman–Crippen LogP) is 4.58. The SMILES string of the molecule is CC[N+](C)(CC)CCN1C(=O)CC[C@@]2(C)C1=CC[C@H]1[C@H]3CC[C@@](C)(O)[C@]3(C)CC[C@@H]12. The molecule has 1 heterocycles. The number of hydrogen-bond donors (Lipinski definition) is 1. The van der Waals surface area contributed by atoms with E-state index in [2.05, 4.69) is 52.6 Å². The van der Waals surface area contributed by atoms with Gasteiger partial charge in [-0.25, -0.2) is 0 Å². The minimum atomic E-state index is -0.523. The maximum absolute atomic E-state index is 13.0. The van der Waals surface area contributed by atoms with Crippen molar-refractivity contribution in [2.45, 2.75) is 85.2 Å². The minimum Gasteiger partial charge on any atom is -0.390 e. The molecule has 30 heavy (non-hydrogen) atoms. The molecule has 4 heteroatoms. The summed E-state index contributed by atoms with van der Waals surface area (Å²) in [6, 6.07) is 0. The van der Waals surface area contributed by atoms with Gasteiger partial charge in [-0.3, -0.25) is 4.79 Å². The fraction of sp³-hybridized carbons (Fsp3) is 0.885. The van der Waals surface area contributed by atoms with Crippen LogP contribution in [0.25, 0.3) is 0 Å². The van der Waals surface area contributed by atoms with Crippen LogP contribution >= 0.6 is 0 Å². The van der Waals surface area contributed by atoms with Crippen molar-refractivity contribution in [1.82, 2.24) is 4.90 Å². The standard InChI is InChI=1S/C26H45N2O2/c1-7-28(6,8-2)18-17-27-22-10-9-19-20(24(22,3)14-13-23(27)29)11-15-25(4)21(19)12-16-26(25,5)30/h10,19-21,30H,7-9,11-18H2,1-6H3/q+1/t19-,20+,21-,24-,25-,26-/m1/s1. The van der Waals surface area contributed by atoms with Gasteiger partial charge in [0.05, 0.1) is 38.8 Å². The Balaban J connectivity index is 1.61. The molecule has 1 amide bonds. The minimum absolute atomic E-state index is 0.0571. The van der Waals surface area contributed by atoms with Gasteiger partial charge in [-0.1, -0.05) is 19.9 Å². The van der Waals surface area contributed by atoms with Crippen LogP contribution in [0.2, 0.25) is 0 Å². The topological polar surface area (TPSA) is 40.5 Å². The molecule has 0 aromatic carbocycles. The monoisotopic (exact) mass is 417 g/mol. The summed E-state index contributed by atoms with van der Waals surface area (Å²) in [5.41, 5.74) is 0.993. The molecule has 4 nitrogen and oxygen atoms in total. The number of allylic oxidation sites excluding steroid dienone is 2. The molecular weight excluding hydrogens is 372 g/mol. The van der Waals surface area contributed by atoms with Crippen molar-refractivity contribution in [3.63, 3.8) is 0 Å². The van der Waals surface area contributed by atoms with Crippen LogP contribution in [0.15, 0.2) is 11.8 Å². The van der Waals surface area contributed by atoms with Crippen LogP contribution in [-0.4, -0.2) is 59.2 Å². The second kappa shape index (κ2) is 7.33. The average molecular weight is 418 g/mol. The van der Waals surface area contributed by atoms with Crippen LogP contribution in [0.3, 0.4) is 0 Å². The van der Waals surface area contributed by atoms with Crippen LogP contribution in [0, 0.1) is 28.6 Å². The Bertz CT molecular complexity index is 725. The number of aliphatic hydroxyl groups is 1. The summed E-state index contributed by atoms with van der Waals surface area (Å²) in [6.45, 7) is 15.5. The third-order valence-electron chi connectivity index (χ3n) is 10.8. The summed E-state index contributed by atoms with van der Waals surface area (Å²) in [7, 11) is 2.31. The number of likely N-dealkylation sites (N-methyl/N-ethyl adjacent to an activating group) is 1. The second-order valence-corrected chi connectivity index (χ2v) is 11.9. The predicted molar refractivity (Wildman–Crippen MR) is 122 cm³/mol. The number of fused-ring (bicyclic) bond motifs is 5. The summed E-state index contributed by atoms with van der Waals surface area (Å²) in [5.74, 6) is 2.26. The quantitative estimate of drug-likeness (QED) is 0.665. The number of carbonyl (C=O) groups excluding carboxylic acids is 1. The molecule has 0 aromatic heterocycles. The molecule has 3 aliphatic carbocycles. The summed E-state index contributed by atoms with van der Waals surface area (Å²) >= 11 is 0. The second-order valence-electron chi connectivity index (χ2n) is 11.9. The van der Waals surface area contributed by atoms with Crippen LogP contribution in [0.4, 0.5) is 0 Å². The lowest BCUT2D eigenvalue weighted by atomic mass is 9.48. The number of likely N-dealkylation sites (tertiary alicyclic amines) is 1. The zero-order chi connectivity index (χ0) is 21.9. The van der Waals surface area contributed by atoms with Crippen LogP contribution in [0.5, 0.6) is 0 Å². The van der Waals surface area contributed by atoms with Crippen LogP contribution < -0.4 is 0 Å². The number of amides is 1. The molecular formula is C26H45N2O2+. The molecule has 1 saturated heterocycles. The van der Waals surface area contributed by atoms with Crippen molar-refractivity contribution in [1.29, 1.82) is 0 Å². The Labute approximate surface area is 184 Å². The lowest BCUT2D eigenvalue weighted by Crippen LogP contribution is -2.57. The fourth-order valence-electron chi connectivity index (χ4n) is 7.82. The van der Waals surface area contributed by atoms with E-state index in [1.807, 2.05) is 0 Å². The maximum Gasteiger partial charge on any atom is 0.226 e. The molecule has 0 aromatic rings. The third-order valence-corrected chi connectivity index (χ3v) is 10.8. The molecule has 4 aliphatic rings. The molecule has 2 saturated carbocycles. The Kier molecular flexibility index (Phi) is 5.46. The molecule has 1 N–H and O–H groups in total. The van der Waals surface area contributed by atoms with Crippen molar-refractivity contribution in [3.05, 3.63) is 11.8 Å². The van der Waals surface area contributed by atoms with Crippen molar-refractivity contribution in [2.75, 3.05) is 33.2 Å². The number of piperidine rings is 1. The number of quaternary nitrogens is 1. The Hall–Kier alpha value is -0.870. The zero-order valence-corrected chi connectivity index (χ0v) is 20.3. The third kappa shape index (κ3) is 3.11. The van der Waals surface area contributed by atoms with E-state index in [0.29, 0.717) is 30.1 Å². The van der Waals surface area contributed by atoms with Gasteiger partial charge >= 0.3 is 0 Å². The molecule has 6 atom stereocenters. The van der Waals surface area contributed by atoms with Crippen molar-refractivity contribution in [3.8, 4) is 0 Å². The first-order chi connectivity index (χ1) is 14.0. The fourth-order valence-corrected chi connectivity index (χ4v) is 7.82. The van der Waals surface area contributed by atoms with Crippen molar-refractivity contribution >= 4 is 5.91 Å². The van der Waals surface area contributed by atoms with Crippen LogP contribution in [-0.2, 0) is 4.79 Å². The lowest BCUT2D eigenvalue weighted by Gasteiger charge is -2.59. The first-order valence-corrected chi connectivity index (χ1v) is 12.6. The molecule has 170 valence electrons. The Morgan fingerprint density at radius 1 is 1.10 bits per heavy atom. The van der Waals surface area contributed by atoms with Gasteiger partial charge in [0.1, 0.15) is 0 Å². The number of rotatable bonds is 5. The van der Waals surface area contributed by atoms with Crippen LogP contribution in [0.1, 0.15) is 79.6 Å². The number of carbonyl (C=O) groups is 1. The van der Waals surface area contributed by atoms with E-state index in [0.717, 1.165) is 62.8 Å². The van der Waals surface area contributed by atoms with E-state index in [9.17, 15) is 9.90 Å². The van der Waals surface area contributed by atoms with E-state index in [-0.39, 0.29) is 10.8 Å². The van der Waals surface area contributed by atoms with Gasteiger partial charge in [0.25, 0.3) is 0 Å². The van der Waals surface area contributed by atoms with Gasteiger partial charge in [0.2, 0.25) is 5.91 Å². The Morgan fingerprint density at radius 3 is 2.43 bits per heavy atom. The molecule has 0 radical (unpaired) electrons. The highest BCUT2D eigenvalue weighted by Crippen LogP contribution is 2.66. The highest BCUT2D eigenvalue weighted by atomic mass is 16.3. The molecule has 0 spiro atoms. The van der Waals surface area contributed by atoms with Gasteiger partial charge < -0.3 is 14.5 Å². The Morgan fingerprint density at radius 2 is 1.77 bits per heavy atom. The summed E-state index contributed by atoms with van der Waals surface area (Å²) in [5, 5.41) is 11.1. The van der Waals surface area contributed by atoms with Crippen molar-refractivity contribution in [2.24, 2.45) is 28.6 Å². The van der Waals surface area contributed by atoms with E-state index >= 15 is 0 Å².